The molecule has 3 rings (SSSR count). The molecule has 7 nitrogen and oxygen atoms in total. The number of sulfonamides is 1. The number of aromatic nitrogens is 1. The van der Waals surface area contributed by atoms with Gasteiger partial charge in [-0.2, -0.15) is 0 Å². The molecule has 25 heavy (non-hydrogen) atoms. The smallest absolute Gasteiger partial charge is 0.352 e. The number of carboxylic acids is 1. The van der Waals surface area contributed by atoms with Crippen LogP contribution in [0.3, 0.4) is 0 Å². The number of anilines is 1. The summed E-state index contributed by atoms with van der Waals surface area (Å²) >= 11 is 0. The van der Waals surface area contributed by atoms with Crippen molar-refractivity contribution in [1.82, 2.24) is 4.98 Å². The van der Waals surface area contributed by atoms with Crippen molar-refractivity contribution in [3.63, 3.8) is 0 Å². The Hall–Kier alpha value is -3.13. The molecule has 3 N–H and O–H groups in total. The third-order valence-corrected chi connectivity index (χ3v) is 4.18. The second-order valence-corrected chi connectivity index (χ2v) is 7.32. The molecule has 0 saturated carbocycles. The quantitative estimate of drug-likeness (QED) is 0.661. The van der Waals surface area contributed by atoms with Gasteiger partial charge in [-0.3, -0.25) is 9.52 Å². The van der Waals surface area contributed by atoms with E-state index in [9.17, 15) is 18.0 Å². The number of nitrogens with one attached hydrogen (secondary N) is 2. The molecular weight excluding hydrogens is 344 g/mol. The highest BCUT2D eigenvalue weighted by Crippen LogP contribution is 2.26. The monoisotopic (exact) mass is 358 g/mol. The molecule has 0 amide bonds. The van der Waals surface area contributed by atoms with Crippen molar-refractivity contribution in [2.45, 2.75) is 0 Å². The van der Waals surface area contributed by atoms with Crippen LogP contribution >= 0.6 is 0 Å². The summed E-state index contributed by atoms with van der Waals surface area (Å²) in [6.07, 6.45) is 1.06. The van der Waals surface area contributed by atoms with E-state index in [1.165, 1.54) is 6.07 Å². The summed E-state index contributed by atoms with van der Waals surface area (Å²) in [5, 5.41) is 9.92. The van der Waals surface area contributed by atoms with Gasteiger partial charge in [0.1, 0.15) is 5.69 Å². The van der Waals surface area contributed by atoms with Crippen LogP contribution in [0.2, 0.25) is 0 Å². The highest BCUT2D eigenvalue weighted by Gasteiger charge is 2.09. The van der Waals surface area contributed by atoms with E-state index >= 15 is 0 Å². The van der Waals surface area contributed by atoms with Gasteiger partial charge in [0.2, 0.25) is 10.0 Å². The van der Waals surface area contributed by atoms with Crippen LogP contribution in [0.25, 0.3) is 21.9 Å². The number of fused-ring (bicyclic) bond motifs is 1. The molecule has 0 saturated heterocycles. The lowest BCUT2D eigenvalue weighted by Gasteiger charge is -2.08. The lowest BCUT2D eigenvalue weighted by molar-refractivity contribution is 0.0690. The summed E-state index contributed by atoms with van der Waals surface area (Å²) in [5.74, 6) is -1.22. The fraction of sp³-hybridized carbons (Fsp3) is 0.0588. The number of rotatable bonds is 4. The van der Waals surface area contributed by atoms with Gasteiger partial charge in [-0.15, -0.1) is 0 Å². The molecule has 1 aromatic heterocycles. The van der Waals surface area contributed by atoms with Crippen LogP contribution < -0.4 is 10.3 Å². The minimum absolute atomic E-state index is 0.192. The molecule has 1 heterocycles. The Morgan fingerprint density at radius 3 is 2.48 bits per heavy atom. The van der Waals surface area contributed by atoms with Gasteiger partial charge in [-0.05, 0) is 46.8 Å². The molecule has 0 fully saturated rings. The molecule has 0 spiro atoms. The Morgan fingerprint density at radius 1 is 1.08 bits per heavy atom. The van der Waals surface area contributed by atoms with Crippen molar-refractivity contribution in [2.24, 2.45) is 0 Å². The van der Waals surface area contributed by atoms with E-state index < -0.39 is 21.6 Å². The third kappa shape index (κ3) is 3.69. The molecule has 0 unspecified atom stereocenters. The normalized spacial score (nSPS) is 11.4. The summed E-state index contributed by atoms with van der Waals surface area (Å²) in [7, 11) is -3.39. The molecule has 0 aliphatic rings. The van der Waals surface area contributed by atoms with E-state index in [0.717, 1.165) is 17.4 Å². The first kappa shape index (κ1) is 16.7. The number of carbonyl (C=O) groups is 1. The fourth-order valence-corrected chi connectivity index (χ4v) is 3.10. The van der Waals surface area contributed by atoms with Crippen molar-refractivity contribution >= 4 is 32.5 Å². The first-order chi connectivity index (χ1) is 11.7. The van der Waals surface area contributed by atoms with E-state index in [2.05, 4.69) is 9.71 Å². The number of H-pyrrole nitrogens is 1. The molecule has 8 heteroatoms. The van der Waals surface area contributed by atoms with Crippen LogP contribution in [0, 0.1) is 0 Å². The zero-order valence-electron chi connectivity index (χ0n) is 13.1. The maximum atomic E-state index is 12.0. The van der Waals surface area contributed by atoms with E-state index in [1.807, 2.05) is 0 Å². The third-order valence-electron chi connectivity index (χ3n) is 3.57. The fourth-order valence-electron chi connectivity index (χ4n) is 2.54. The summed E-state index contributed by atoms with van der Waals surface area (Å²) in [5.41, 5.74) is 1.20. The standard InChI is InChI=1S/C17H14N2O5S/c1-25(23,24)19-13-4-2-3-10(8-13)11-5-6-14-12(7-11)9-15(17(21)22)18-16(14)20/h2-9,19H,1H3,(H,18,20)(H,21,22). The van der Waals surface area contributed by atoms with E-state index in [-0.39, 0.29) is 5.69 Å². The second kappa shape index (κ2) is 6.06. The maximum Gasteiger partial charge on any atom is 0.352 e. The highest BCUT2D eigenvalue weighted by atomic mass is 32.2. The summed E-state index contributed by atoms with van der Waals surface area (Å²) in [6, 6.07) is 13.2. The zero-order chi connectivity index (χ0) is 18.2. The Kier molecular flexibility index (Phi) is 4.05. The molecule has 3 aromatic rings. The average molecular weight is 358 g/mol. The average Bonchev–Trinajstić information content (AvgIpc) is 2.52. The molecule has 0 aliphatic heterocycles. The summed E-state index contributed by atoms with van der Waals surface area (Å²) in [6.45, 7) is 0. The van der Waals surface area contributed by atoms with Crippen molar-refractivity contribution < 1.29 is 18.3 Å². The van der Waals surface area contributed by atoms with Gasteiger partial charge in [0.25, 0.3) is 5.56 Å². The lowest BCUT2D eigenvalue weighted by atomic mass is 10.0. The molecule has 0 bridgehead atoms. The molecule has 0 atom stereocenters. The van der Waals surface area contributed by atoms with Gasteiger partial charge in [0.15, 0.2) is 0 Å². The Balaban J connectivity index is 2.12. The summed E-state index contributed by atoms with van der Waals surface area (Å²) < 4.78 is 25.1. The van der Waals surface area contributed by atoms with Crippen molar-refractivity contribution in [2.75, 3.05) is 11.0 Å². The number of hydrogen-bond acceptors (Lipinski definition) is 4. The number of aromatic amines is 1. The van der Waals surface area contributed by atoms with Gasteiger partial charge >= 0.3 is 5.97 Å². The van der Waals surface area contributed by atoms with E-state index in [1.54, 1.807) is 42.5 Å². The molecule has 2 aromatic carbocycles. The molecule has 0 aliphatic carbocycles. The number of aromatic carboxylic acids is 1. The van der Waals surface area contributed by atoms with E-state index in [0.29, 0.717) is 16.5 Å². The van der Waals surface area contributed by atoms with Crippen LogP contribution in [0.4, 0.5) is 5.69 Å². The number of pyridine rings is 1. The lowest BCUT2D eigenvalue weighted by Crippen LogP contribution is -2.12. The van der Waals surface area contributed by atoms with Gasteiger partial charge < -0.3 is 10.1 Å². The number of carboxylic acid groups (broad SMARTS) is 1. The number of benzene rings is 2. The van der Waals surface area contributed by atoms with Gasteiger partial charge in [-0.25, -0.2) is 13.2 Å². The van der Waals surface area contributed by atoms with Gasteiger partial charge in [0, 0.05) is 11.1 Å². The predicted octanol–water partition coefficient (Wildman–Crippen LogP) is 2.26. The van der Waals surface area contributed by atoms with Crippen LogP contribution in [0.1, 0.15) is 10.5 Å². The van der Waals surface area contributed by atoms with Crippen LogP contribution in [-0.4, -0.2) is 30.7 Å². The topological polar surface area (TPSA) is 116 Å². The summed E-state index contributed by atoms with van der Waals surface area (Å²) in [4.78, 5) is 25.4. The number of hydrogen-bond donors (Lipinski definition) is 3. The Labute approximate surface area is 143 Å². The van der Waals surface area contributed by atoms with Crippen molar-refractivity contribution in [3.8, 4) is 11.1 Å². The van der Waals surface area contributed by atoms with Crippen LogP contribution in [0.5, 0.6) is 0 Å². The maximum absolute atomic E-state index is 12.0. The zero-order valence-corrected chi connectivity index (χ0v) is 13.9. The Morgan fingerprint density at radius 2 is 1.80 bits per heavy atom. The Bertz CT molecular complexity index is 1150. The van der Waals surface area contributed by atoms with Gasteiger partial charge in [-0.1, -0.05) is 18.2 Å². The largest absolute Gasteiger partial charge is 0.477 e. The minimum atomic E-state index is -3.39. The molecule has 128 valence electrons. The van der Waals surface area contributed by atoms with Crippen molar-refractivity contribution in [3.05, 3.63) is 64.6 Å². The molecular formula is C17H14N2O5S. The second-order valence-electron chi connectivity index (χ2n) is 5.57. The minimum Gasteiger partial charge on any atom is -0.477 e. The van der Waals surface area contributed by atoms with Crippen LogP contribution in [0.15, 0.2) is 53.3 Å². The van der Waals surface area contributed by atoms with Crippen LogP contribution in [-0.2, 0) is 10.0 Å². The first-order valence-corrected chi connectivity index (χ1v) is 9.11. The van der Waals surface area contributed by atoms with Gasteiger partial charge in [0.05, 0.1) is 6.26 Å². The predicted molar refractivity (Wildman–Crippen MR) is 95.4 cm³/mol. The van der Waals surface area contributed by atoms with E-state index in [4.69, 9.17) is 5.11 Å². The highest BCUT2D eigenvalue weighted by molar-refractivity contribution is 7.92. The first-order valence-electron chi connectivity index (χ1n) is 7.21. The van der Waals surface area contributed by atoms with Crippen molar-refractivity contribution in [1.29, 1.82) is 0 Å². The SMILES string of the molecule is CS(=O)(=O)Nc1cccc(-c2ccc3c(=O)[nH]c(C(=O)O)cc3c2)c1. The molecule has 0 radical (unpaired) electrons.